The van der Waals surface area contributed by atoms with Crippen molar-refractivity contribution in [1.82, 2.24) is 4.31 Å². The zero-order chi connectivity index (χ0) is 21.9. The van der Waals surface area contributed by atoms with Gasteiger partial charge in [-0.2, -0.15) is 4.31 Å². The van der Waals surface area contributed by atoms with Gasteiger partial charge in [-0.1, -0.05) is 24.6 Å². The van der Waals surface area contributed by atoms with Gasteiger partial charge < -0.3 is 10.1 Å². The molecule has 1 heterocycles. The highest BCUT2D eigenvalue weighted by Crippen LogP contribution is 2.25. The van der Waals surface area contributed by atoms with E-state index in [-0.39, 0.29) is 17.4 Å². The molecule has 0 radical (unpaired) electrons. The summed E-state index contributed by atoms with van der Waals surface area (Å²) in [5.41, 5.74) is 3.95. The lowest BCUT2D eigenvalue weighted by atomic mass is 10.0. The second-order valence-electron chi connectivity index (χ2n) is 8.17. The summed E-state index contributed by atoms with van der Waals surface area (Å²) < 4.78 is 32.7. The monoisotopic (exact) mass is 430 g/mol. The number of piperidine rings is 1. The third-order valence-electron chi connectivity index (χ3n) is 5.52. The number of aryl methyl sites for hydroxylation is 3. The molecule has 7 heteroatoms. The molecule has 0 bridgehead atoms. The van der Waals surface area contributed by atoms with Crippen LogP contribution in [0.15, 0.2) is 41.3 Å². The smallest absolute Gasteiger partial charge is 0.262 e. The molecule has 162 valence electrons. The van der Waals surface area contributed by atoms with Crippen LogP contribution < -0.4 is 10.1 Å². The van der Waals surface area contributed by atoms with Crippen LogP contribution in [0.5, 0.6) is 5.75 Å². The van der Waals surface area contributed by atoms with Gasteiger partial charge in [0.2, 0.25) is 10.0 Å². The summed E-state index contributed by atoms with van der Waals surface area (Å²) >= 11 is 0. The molecule has 1 aliphatic rings. The maximum absolute atomic E-state index is 12.8. The Hall–Kier alpha value is -2.38. The molecule has 1 N–H and O–H groups in total. The Kier molecular flexibility index (Phi) is 6.83. The fraction of sp³-hybridized carbons (Fsp3) is 0.435. The van der Waals surface area contributed by atoms with Gasteiger partial charge in [0.05, 0.1) is 4.90 Å². The van der Waals surface area contributed by atoms with E-state index >= 15 is 0 Å². The second kappa shape index (κ2) is 9.18. The molecule has 2 aromatic carbocycles. The number of carbonyl (C=O) groups excluding carboxylic acids is 1. The summed E-state index contributed by atoms with van der Waals surface area (Å²) in [7, 11) is -3.49. The van der Waals surface area contributed by atoms with Crippen molar-refractivity contribution in [3.8, 4) is 5.75 Å². The summed E-state index contributed by atoms with van der Waals surface area (Å²) in [6.45, 7) is 9.04. The largest absolute Gasteiger partial charge is 0.484 e. The van der Waals surface area contributed by atoms with Crippen LogP contribution in [0.1, 0.15) is 36.5 Å². The van der Waals surface area contributed by atoms with Crippen molar-refractivity contribution < 1.29 is 17.9 Å². The number of rotatable bonds is 6. The van der Waals surface area contributed by atoms with E-state index in [1.54, 1.807) is 16.4 Å². The number of sulfonamides is 1. The van der Waals surface area contributed by atoms with Gasteiger partial charge in [0, 0.05) is 18.8 Å². The quantitative estimate of drug-likeness (QED) is 0.750. The maximum atomic E-state index is 12.8. The number of anilines is 1. The summed E-state index contributed by atoms with van der Waals surface area (Å²) in [6, 6.07) is 10.3. The lowest BCUT2D eigenvalue weighted by molar-refractivity contribution is -0.118. The highest BCUT2D eigenvalue weighted by Gasteiger charge is 2.27. The predicted molar refractivity (Wildman–Crippen MR) is 118 cm³/mol. The molecule has 0 saturated carbocycles. The van der Waals surface area contributed by atoms with Crippen molar-refractivity contribution in [2.75, 3.05) is 25.0 Å². The Morgan fingerprint density at radius 3 is 2.20 bits per heavy atom. The summed E-state index contributed by atoms with van der Waals surface area (Å²) in [5, 5.41) is 2.89. The fourth-order valence-electron chi connectivity index (χ4n) is 3.78. The molecular weight excluding hydrogens is 400 g/mol. The standard InChI is InChI=1S/C23H30N2O4S/c1-16-9-11-25(12-10-16)30(27,28)21-7-5-20(6-8-21)29-15-22(26)24-23-18(3)13-17(2)14-19(23)4/h5-8,13-14,16H,9-12,15H2,1-4H3,(H,24,26). The van der Waals surface area contributed by atoms with Crippen LogP contribution in [-0.4, -0.2) is 38.3 Å². The molecule has 3 rings (SSSR count). The summed E-state index contributed by atoms with van der Waals surface area (Å²) in [4.78, 5) is 12.5. The third-order valence-corrected chi connectivity index (χ3v) is 7.43. The van der Waals surface area contributed by atoms with E-state index in [9.17, 15) is 13.2 Å². The molecule has 1 saturated heterocycles. The lowest BCUT2D eigenvalue weighted by Gasteiger charge is -2.29. The van der Waals surface area contributed by atoms with Crippen LogP contribution >= 0.6 is 0 Å². The molecular formula is C23H30N2O4S. The Morgan fingerprint density at radius 2 is 1.63 bits per heavy atom. The number of nitrogens with one attached hydrogen (secondary N) is 1. The van der Waals surface area contributed by atoms with Crippen molar-refractivity contribution in [2.24, 2.45) is 5.92 Å². The van der Waals surface area contributed by atoms with Crippen molar-refractivity contribution in [2.45, 2.75) is 45.4 Å². The average Bonchev–Trinajstić information content (AvgIpc) is 2.70. The number of hydrogen-bond donors (Lipinski definition) is 1. The molecule has 6 nitrogen and oxygen atoms in total. The van der Waals surface area contributed by atoms with Gasteiger partial charge in [-0.05, 0) is 74.9 Å². The molecule has 30 heavy (non-hydrogen) atoms. The summed E-state index contributed by atoms with van der Waals surface area (Å²) in [5.74, 6) is 0.753. The number of carbonyl (C=O) groups is 1. The highest BCUT2D eigenvalue weighted by molar-refractivity contribution is 7.89. The lowest BCUT2D eigenvalue weighted by Crippen LogP contribution is -2.37. The maximum Gasteiger partial charge on any atom is 0.262 e. The molecule has 1 fully saturated rings. The Balaban J connectivity index is 1.59. The molecule has 0 atom stereocenters. The molecule has 2 aromatic rings. The van der Waals surface area contributed by atoms with E-state index in [1.165, 1.54) is 12.1 Å². The Bertz CT molecular complexity index is 985. The van der Waals surface area contributed by atoms with Crippen LogP contribution in [0.2, 0.25) is 0 Å². The minimum absolute atomic E-state index is 0.150. The first-order valence-corrected chi connectivity index (χ1v) is 11.7. The van der Waals surface area contributed by atoms with Gasteiger partial charge in [-0.15, -0.1) is 0 Å². The van der Waals surface area contributed by atoms with Crippen LogP contribution in [-0.2, 0) is 14.8 Å². The predicted octanol–water partition coefficient (Wildman–Crippen LogP) is 4.05. The van der Waals surface area contributed by atoms with Gasteiger partial charge in [-0.3, -0.25) is 4.79 Å². The number of nitrogens with zero attached hydrogens (tertiary/aromatic N) is 1. The van der Waals surface area contributed by atoms with E-state index in [4.69, 9.17) is 4.74 Å². The minimum Gasteiger partial charge on any atom is -0.484 e. The van der Waals surface area contributed by atoms with Crippen LogP contribution in [0.4, 0.5) is 5.69 Å². The molecule has 0 aromatic heterocycles. The van der Waals surface area contributed by atoms with Crippen LogP contribution in [0.25, 0.3) is 0 Å². The van der Waals surface area contributed by atoms with Crippen molar-refractivity contribution in [1.29, 1.82) is 0 Å². The topological polar surface area (TPSA) is 75.7 Å². The Morgan fingerprint density at radius 1 is 1.07 bits per heavy atom. The SMILES string of the molecule is Cc1cc(C)c(NC(=O)COc2ccc(S(=O)(=O)N3CCC(C)CC3)cc2)c(C)c1. The zero-order valence-corrected chi connectivity index (χ0v) is 18.9. The van der Waals surface area contributed by atoms with Crippen molar-refractivity contribution in [3.05, 3.63) is 53.1 Å². The number of hydrogen-bond acceptors (Lipinski definition) is 4. The van der Waals surface area contributed by atoms with Crippen LogP contribution in [0, 0.1) is 26.7 Å². The first-order chi connectivity index (χ1) is 14.2. The minimum atomic E-state index is -3.49. The van der Waals surface area contributed by atoms with E-state index in [2.05, 4.69) is 12.2 Å². The fourth-order valence-corrected chi connectivity index (χ4v) is 5.25. The average molecular weight is 431 g/mol. The first kappa shape index (κ1) is 22.3. The number of amides is 1. The van der Waals surface area contributed by atoms with Crippen molar-refractivity contribution in [3.63, 3.8) is 0 Å². The van der Waals surface area contributed by atoms with Crippen molar-refractivity contribution >= 4 is 21.6 Å². The van der Waals surface area contributed by atoms with E-state index in [1.807, 2.05) is 32.9 Å². The number of ether oxygens (including phenoxy) is 1. The summed E-state index contributed by atoms with van der Waals surface area (Å²) in [6.07, 6.45) is 1.77. The van der Waals surface area contributed by atoms with Gasteiger partial charge in [0.15, 0.2) is 6.61 Å². The van der Waals surface area contributed by atoms with Gasteiger partial charge >= 0.3 is 0 Å². The van der Waals surface area contributed by atoms with Gasteiger partial charge in [-0.25, -0.2) is 8.42 Å². The molecule has 0 aliphatic carbocycles. The Labute approximate surface area is 179 Å². The van der Waals surface area contributed by atoms with E-state index < -0.39 is 10.0 Å². The first-order valence-electron chi connectivity index (χ1n) is 10.3. The number of benzene rings is 2. The molecule has 1 aliphatic heterocycles. The normalized spacial score (nSPS) is 15.7. The van der Waals surface area contributed by atoms with E-state index in [0.29, 0.717) is 24.8 Å². The zero-order valence-electron chi connectivity index (χ0n) is 18.1. The van der Waals surface area contributed by atoms with E-state index in [0.717, 1.165) is 35.2 Å². The van der Waals surface area contributed by atoms with Crippen LogP contribution in [0.3, 0.4) is 0 Å². The molecule has 0 unspecified atom stereocenters. The molecule has 1 amide bonds. The third kappa shape index (κ3) is 5.21. The second-order valence-corrected chi connectivity index (χ2v) is 10.1. The van der Waals surface area contributed by atoms with Gasteiger partial charge in [0.1, 0.15) is 5.75 Å². The molecule has 0 spiro atoms. The highest BCUT2D eigenvalue weighted by atomic mass is 32.2. The van der Waals surface area contributed by atoms with Gasteiger partial charge in [0.25, 0.3) is 5.91 Å².